The molecule has 4 rings (SSSR count). The molecule has 0 unspecified atom stereocenters. The van der Waals surface area contributed by atoms with Crippen molar-refractivity contribution in [3.8, 4) is 5.75 Å². The number of rotatable bonds is 11. The molecule has 0 atom stereocenters. The Kier molecular flexibility index (Phi) is 11.0. The summed E-state index contributed by atoms with van der Waals surface area (Å²) < 4.78 is 0. The third kappa shape index (κ3) is 7.79. The van der Waals surface area contributed by atoms with Crippen LogP contribution in [0.5, 0.6) is 5.75 Å². The van der Waals surface area contributed by atoms with Gasteiger partial charge in [0.05, 0.1) is 11.8 Å². The van der Waals surface area contributed by atoms with Crippen LogP contribution in [0.2, 0.25) is 0 Å². The maximum atomic E-state index is 13.9. The second-order valence-electron chi connectivity index (χ2n) is 9.70. The van der Waals surface area contributed by atoms with E-state index in [9.17, 15) is 19.5 Å². The average molecular weight is 604 g/mol. The molecule has 8 heteroatoms. The molecule has 1 aliphatic heterocycles. The summed E-state index contributed by atoms with van der Waals surface area (Å²) >= 11 is 1.00. The fraction of sp³-hybridized carbons (Fsp3) is 0.111. The van der Waals surface area contributed by atoms with E-state index in [0.717, 1.165) is 22.9 Å². The molecule has 0 saturated carbocycles. The fourth-order valence-corrected chi connectivity index (χ4v) is 5.38. The highest BCUT2D eigenvalue weighted by molar-refractivity contribution is 8.14. The molecular formula is C36H33N3O4S. The maximum absolute atomic E-state index is 13.9. The van der Waals surface area contributed by atoms with Gasteiger partial charge in [0.25, 0.3) is 11.8 Å². The number of phenols is 1. The minimum atomic E-state index is -0.720. The van der Waals surface area contributed by atoms with Crippen LogP contribution < -0.4 is 5.32 Å². The first kappa shape index (κ1) is 31.7. The van der Waals surface area contributed by atoms with E-state index in [2.05, 4.69) is 23.5 Å². The summed E-state index contributed by atoms with van der Waals surface area (Å²) in [4.78, 5) is 45.9. The number of thioether (sulfide) groups is 1. The van der Waals surface area contributed by atoms with E-state index in [-0.39, 0.29) is 34.2 Å². The van der Waals surface area contributed by atoms with Gasteiger partial charge in [0.1, 0.15) is 11.3 Å². The smallest absolute Gasteiger partial charge is 0.285 e. The fourth-order valence-electron chi connectivity index (χ4n) is 4.57. The number of carbonyl (C=O) groups is 3. The highest BCUT2D eigenvalue weighted by Gasteiger charge is 2.35. The Bertz CT molecular complexity index is 1630. The zero-order valence-corrected chi connectivity index (χ0v) is 25.2. The number of nitrogens with one attached hydrogen (secondary N) is 1. The van der Waals surface area contributed by atoms with Crippen LogP contribution in [-0.2, 0) is 20.8 Å². The van der Waals surface area contributed by atoms with E-state index in [4.69, 9.17) is 0 Å². The average Bonchev–Trinajstić information content (AvgIpc) is 3.04. The van der Waals surface area contributed by atoms with Crippen molar-refractivity contribution >= 4 is 40.7 Å². The first-order chi connectivity index (χ1) is 21.4. The first-order valence-corrected chi connectivity index (χ1v) is 14.9. The van der Waals surface area contributed by atoms with Gasteiger partial charge in [-0.2, -0.15) is 4.99 Å². The number of nitrogens with zero attached hydrogens (tertiary/aromatic N) is 2. The number of phenolic OH excluding ortho intramolecular Hbond substituents is 1. The zero-order chi connectivity index (χ0) is 31.5. The molecule has 3 aromatic carbocycles. The van der Waals surface area contributed by atoms with Gasteiger partial charge in [-0.05, 0) is 59.9 Å². The van der Waals surface area contributed by atoms with E-state index in [0.29, 0.717) is 23.2 Å². The summed E-state index contributed by atoms with van der Waals surface area (Å²) in [6.45, 7) is 9.17. The quantitative estimate of drug-likeness (QED) is 0.113. The number of benzene rings is 3. The Morgan fingerprint density at radius 2 is 1.68 bits per heavy atom. The van der Waals surface area contributed by atoms with Gasteiger partial charge < -0.3 is 10.4 Å². The van der Waals surface area contributed by atoms with Crippen LogP contribution in [0.3, 0.4) is 0 Å². The molecule has 3 amide bonds. The van der Waals surface area contributed by atoms with Crippen LogP contribution >= 0.6 is 11.8 Å². The molecule has 0 spiro atoms. The van der Waals surface area contributed by atoms with E-state index in [1.165, 1.54) is 17.0 Å². The van der Waals surface area contributed by atoms with Crippen LogP contribution in [0.1, 0.15) is 35.2 Å². The van der Waals surface area contributed by atoms with E-state index in [1.54, 1.807) is 49.4 Å². The molecule has 0 saturated heterocycles. The van der Waals surface area contributed by atoms with Gasteiger partial charge in [-0.15, -0.1) is 6.58 Å². The molecule has 0 aromatic heterocycles. The van der Waals surface area contributed by atoms with Crippen LogP contribution in [-0.4, -0.2) is 38.6 Å². The third-order valence-electron chi connectivity index (χ3n) is 6.69. The van der Waals surface area contributed by atoms with Crippen molar-refractivity contribution in [3.63, 3.8) is 0 Å². The molecule has 3 aromatic rings. The van der Waals surface area contributed by atoms with Crippen molar-refractivity contribution in [3.05, 3.63) is 156 Å². The van der Waals surface area contributed by atoms with E-state index < -0.39 is 11.8 Å². The summed E-state index contributed by atoms with van der Waals surface area (Å²) in [6.07, 6.45) is 10.2. The van der Waals surface area contributed by atoms with Gasteiger partial charge in [0.15, 0.2) is 5.17 Å². The summed E-state index contributed by atoms with van der Waals surface area (Å²) in [5, 5.41) is 13.3. The van der Waals surface area contributed by atoms with Crippen molar-refractivity contribution in [2.75, 3.05) is 5.75 Å². The van der Waals surface area contributed by atoms with Crippen molar-refractivity contribution in [2.24, 2.45) is 4.99 Å². The van der Waals surface area contributed by atoms with Gasteiger partial charge in [-0.25, -0.2) is 0 Å². The number of allylic oxidation sites excluding steroid dienone is 5. The minimum absolute atomic E-state index is 0.0862. The zero-order valence-electron chi connectivity index (χ0n) is 24.4. The monoisotopic (exact) mass is 603 g/mol. The number of carbonyl (C=O) groups excluding carboxylic acids is 3. The van der Waals surface area contributed by atoms with Crippen LogP contribution in [0, 0.1) is 0 Å². The molecular weight excluding hydrogens is 570 g/mol. The summed E-state index contributed by atoms with van der Waals surface area (Å²) in [6, 6.07) is 23.7. The molecule has 0 aliphatic carbocycles. The van der Waals surface area contributed by atoms with Gasteiger partial charge in [0.2, 0.25) is 5.91 Å². The predicted molar refractivity (Wildman–Crippen MR) is 178 cm³/mol. The van der Waals surface area contributed by atoms with Crippen molar-refractivity contribution in [1.29, 1.82) is 0 Å². The normalized spacial score (nSPS) is 14.7. The summed E-state index contributed by atoms with van der Waals surface area (Å²) in [7, 11) is 0. The number of hydrogen-bond acceptors (Lipinski definition) is 5. The number of aliphatic imine (C=N–C) groups is 1. The van der Waals surface area contributed by atoms with Crippen molar-refractivity contribution in [2.45, 2.75) is 19.4 Å². The molecule has 7 nitrogen and oxygen atoms in total. The second-order valence-corrected chi connectivity index (χ2v) is 10.6. The lowest BCUT2D eigenvalue weighted by molar-refractivity contribution is -0.126. The SMILES string of the molecule is C=C/C=C\C(=C/C)N1C(=O)/C(=C/c2ccc(O)c(CC=C)c2)C(=O)N=C1SCC(=O)NC(c1ccccc1)c1ccccc1. The Hall–Kier alpha value is -5.21. The van der Waals surface area contributed by atoms with E-state index in [1.807, 2.05) is 60.7 Å². The highest BCUT2D eigenvalue weighted by Crippen LogP contribution is 2.28. The Labute approximate surface area is 261 Å². The van der Waals surface area contributed by atoms with Gasteiger partial charge >= 0.3 is 0 Å². The number of hydrogen-bond donors (Lipinski definition) is 2. The first-order valence-electron chi connectivity index (χ1n) is 14.0. The largest absolute Gasteiger partial charge is 0.508 e. The Balaban J connectivity index is 1.63. The van der Waals surface area contributed by atoms with Gasteiger partial charge in [-0.3, -0.25) is 19.3 Å². The molecule has 0 fully saturated rings. The van der Waals surface area contributed by atoms with Gasteiger partial charge in [0, 0.05) is 5.70 Å². The molecule has 2 N–H and O–H groups in total. The predicted octanol–water partition coefficient (Wildman–Crippen LogP) is 6.51. The van der Waals surface area contributed by atoms with Crippen molar-refractivity contribution < 1.29 is 19.5 Å². The van der Waals surface area contributed by atoms with Crippen molar-refractivity contribution in [1.82, 2.24) is 10.2 Å². The molecule has 1 heterocycles. The van der Waals surface area contributed by atoms with Gasteiger partial charge in [-0.1, -0.05) is 109 Å². The lowest BCUT2D eigenvalue weighted by Gasteiger charge is -2.28. The second kappa shape index (κ2) is 15.3. The van der Waals surface area contributed by atoms with Crippen LogP contribution in [0.15, 0.2) is 139 Å². The lowest BCUT2D eigenvalue weighted by Crippen LogP contribution is -2.42. The van der Waals surface area contributed by atoms with Crippen LogP contribution in [0.25, 0.3) is 6.08 Å². The molecule has 0 radical (unpaired) electrons. The van der Waals surface area contributed by atoms with E-state index >= 15 is 0 Å². The Morgan fingerprint density at radius 3 is 2.27 bits per heavy atom. The number of aromatic hydroxyl groups is 1. The lowest BCUT2D eigenvalue weighted by atomic mass is 9.99. The molecule has 1 aliphatic rings. The third-order valence-corrected chi connectivity index (χ3v) is 7.63. The summed E-state index contributed by atoms with van der Waals surface area (Å²) in [5.41, 5.74) is 3.33. The number of amides is 3. The minimum Gasteiger partial charge on any atom is -0.508 e. The van der Waals surface area contributed by atoms with Crippen LogP contribution in [0.4, 0.5) is 0 Å². The summed E-state index contributed by atoms with van der Waals surface area (Å²) in [5.74, 6) is -1.59. The standard InChI is InChI=1S/C36H33N3O4S/c1-4-7-19-29(6-3)39-35(43)30(23-25-20-21-31(40)28(22-25)14-5-2)34(42)38-36(39)44-24-32(41)37-33(26-15-10-8-11-16-26)27-17-12-9-13-18-27/h4-13,15-23,33,40H,1-2,14,24H2,3H3,(H,37,41)/b19-7-,29-6+,30-23+. The molecule has 222 valence electrons. The molecule has 0 bridgehead atoms. The highest BCUT2D eigenvalue weighted by atomic mass is 32.2. The maximum Gasteiger partial charge on any atom is 0.285 e. The number of amidine groups is 1. The topological polar surface area (TPSA) is 99.1 Å². The molecule has 44 heavy (non-hydrogen) atoms. The Morgan fingerprint density at radius 1 is 1.02 bits per heavy atom.